The Morgan fingerprint density at radius 3 is 1.83 bits per heavy atom. The number of anilines is 3. The third-order valence-electron chi connectivity index (χ3n) is 12.1. The fraction of sp³-hybridized carbons (Fsp3) is 0.0588. The molecule has 3 heteroatoms. The first-order valence-electron chi connectivity index (χ1n) is 18.9. The number of hydrogen-bond donors (Lipinski definition) is 0. The van der Waals surface area contributed by atoms with Crippen molar-refractivity contribution in [3.63, 3.8) is 0 Å². The Hall–Kier alpha value is -6.00. The molecule has 0 spiro atoms. The van der Waals surface area contributed by atoms with E-state index in [0.717, 1.165) is 0 Å². The monoisotopic (exact) mass is 723 g/mol. The predicted molar refractivity (Wildman–Crippen MR) is 234 cm³/mol. The van der Waals surface area contributed by atoms with Crippen molar-refractivity contribution < 1.29 is 0 Å². The van der Waals surface area contributed by atoms with E-state index in [4.69, 9.17) is 0 Å². The summed E-state index contributed by atoms with van der Waals surface area (Å²) in [5, 5.41) is 8.36. The van der Waals surface area contributed by atoms with Crippen LogP contribution in [0, 0.1) is 0 Å². The van der Waals surface area contributed by atoms with Gasteiger partial charge in [-0.25, -0.2) is 0 Å². The predicted octanol–water partition coefficient (Wildman–Crippen LogP) is 11.2. The van der Waals surface area contributed by atoms with Gasteiger partial charge in [-0.05, 0) is 85.0 Å². The Kier molecular flexibility index (Phi) is 6.86. The van der Waals surface area contributed by atoms with E-state index in [0.29, 0.717) is 0 Å². The maximum Gasteiger partial charge on any atom is 0.180 e. The van der Waals surface area contributed by atoms with E-state index in [-0.39, 0.29) is 5.41 Å². The molecule has 2 aliphatic rings. The molecule has 0 N–H and O–H groups in total. The van der Waals surface area contributed by atoms with Crippen LogP contribution in [0.2, 0.25) is 0 Å². The lowest BCUT2D eigenvalue weighted by Gasteiger charge is -2.32. The van der Waals surface area contributed by atoms with Crippen molar-refractivity contribution in [1.82, 2.24) is 0 Å². The second kappa shape index (κ2) is 11.7. The summed E-state index contributed by atoms with van der Waals surface area (Å²) in [6.07, 6.45) is 0. The van der Waals surface area contributed by atoms with Gasteiger partial charge < -0.3 is 4.90 Å². The topological polar surface area (TPSA) is 3.24 Å². The summed E-state index contributed by atoms with van der Waals surface area (Å²) >= 11 is 1.88. The molecule has 1 aromatic heterocycles. The summed E-state index contributed by atoms with van der Waals surface area (Å²) in [5.74, 6) is 0. The Labute approximate surface area is 321 Å². The lowest BCUT2D eigenvalue weighted by atomic mass is 9.82. The van der Waals surface area contributed by atoms with Crippen LogP contribution >= 0.6 is 11.3 Å². The van der Waals surface area contributed by atoms with E-state index in [9.17, 15) is 0 Å². The van der Waals surface area contributed by atoms with Crippen LogP contribution in [0.25, 0.3) is 42.4 Å². The number of benzene rings is 8. The minimum absolute atomic E-state index is 0.114. The third kappa shape index (κ3) is 4.31. The summed E-state index contributed by atoms with van der Waals surface area (Å²) in [4.78, 5) is 2.55. The smallest absolute Gasteiger partial charge is 0.180 e. The van der Waals surface area contributed by atoms with Crippen LogP contribution in [0.5, 0.6) is 0 Å². The van der Waals surface area contributed by atoms with Gasteiger partial charge in [0.25, 0.3) is 0 Å². The first-order chi connectivity index (χ1) is 26.5. The van der Waals surface area contributed by atoms with Crippen molar-refractivity contribution in [3.8, 4) is 22.3 Å². The lowest BCUT2D eigenvalue weighted by molar-refractivity contribution is 0.660. The maximum absolute atomic E-state index is 2.68. The van der Waals surface area contributed by atoms with E-state index in [1.807, 2.05) is 11.3 Å². The van der Waals surface area contributed by atoms with Gasteiger partial charge in [-0.3, -0.25) is 0 Å². The summed E-state index contributed by atoms with van der Waals surface area (Å²) in [5.41, 5.74) is 11.6. The summed E-state index contributed by atoms with van der Waals surface area (Å²) in [6, 6.07) is 71.0. The molecule has 0 bridgehead atoms. The summed E-state index contributed by atoms with van der Waals surface area (Å²) in [7, 11) is -2.68. The first-order valence-corrected chi connectivity index (χ1v) is 21.7. The Bertz CT molecular complexity index is 2880. The molecule has 1 nitrogen and oxygen atoms in total. The molecule has 2 heterocycles. The molecule has 0 unspecified atom stereocenters. The van der Waals surface area contributed by atoms with Gasteiger partial charge in [0.1, 0.15) is 0 Å². The molecular weight excluding hydrogens is 687 g/mol. The molecule has 1 aliphatic carbocycles. The molecule has 1 aliphatic heterocycles. The van der Waals surface area contributed by atoms with Crippen molar-refractivity contribution >= 4 is 77.4 Å². The minimum atomic E-state index is -2.68. The molecule has 0 amide bonds. The largest absolute Gasteiger partial charge is 0.310 e. The molecule has 0 atom stereocenters. The Morgan fingerprint density at radius 1 is 0.444 bits per heavy atom. The minimum Gasteiger partial charge on any atom is -0.310 e. The third-order valence-corrected chi connectivity index (χ3v) is 18.1. The van der Waals surface area contributed by atoms with E-state index in [1.54, 1.807) is 0 Å². The van der Waals surface area contributed by atoms with Crippen molar-refractivity contribution in [1.29, 1.82) is 0 Å². The molecule has 8 aromatic carbocycles. The van der Waals surface area contributed by atoms with Gasteiger partial charge in [0.15, 0.2) is 8.07 Å². The Morgan fingerprint density at radius 2 is 1.04 bits per heavy atom. The van der Waals surface area contributed by atoms with Crippen LogP contribution < -0.4 is 25.6 Å². The van der Waals surface area contributed by atoms with E-state index < -0.39 is 8.07 Å². The highest BCUT2D eigenvalue weighted by Crippen LogP contribution is 2.52. The molecule has 9 aromatic rings. The second-order valence-corrected chi connectivity index (χ2v) is 20.1. The number of nitrogens with zero attached hydrogens (tertiary/aromatic N) is 1. The quantitative estimate of drug-likeness (QED) is 0.160. The van der Waals surface area contributed by atoms with Crippen LogP contribution in [0.15, 0.2) is 188 Å². The lowest BCUT2D eigenvalue weighted by Crippen LogP contribution is -2.72. The van der Waals surface area contributed by atoms with E-state index in [2.05, 4.69) is 207 Å². The molecule has 0 radical (unpaired) electrons. The summed E-state index contributed by atoms with van der Waals surface area (Å²) < 4.78 is 2.63. The molecule has 11 rings (SSSR count). The molecule has 0 saturated heterocycles. The number of rotatable bonds is 5. The molecule has 256 valence electrons. The van der Waals surface area contributed by atoms with E-state index in [1.165, 1.54) is 91.4 Å². The van der Waals surface area contributed by atoms with Crippen molar-refractivity contribution in [2.75, 3.05) is 4.90 Å². The SMILES string of the molecule is CC1(C)c2ccccc2-c2ccc(N(c3ccc4c(c3)sc3ccccc34)c3cccc4c3-c3ccccc3[Si]4(c3ccccc3)c3ccccc3)cc21. The average molecular weight is 724 g/mol. The molecule has 0 saturated carbocycles. The van der Waals surface area contributed by atoms with Crippen LogP contribution in [0.1, 0.15) is 25.0 Å². The van der Waals surface area contributed by atoms with Gasteiger partial charge in [0, 0.05) is 42.5 Å². The second-order valence-electron chi connectivity index (χ2n) is 15.2. The highest BCUT2D eigenvalue weighted by molar-refractivity contribution is 7.26. The van der Waals surface area contributed by atoms with Crippen LogP contribution in [-0.4, -0.2) is 8.07 Å². The van der Waals surface area contributed by atoms with Gasteiger partial charge in [-0.2, -0.15) is 0 Å². The van der Waals surface area contributed by atoms with Crippen LogP contribution in [0.3, 0.4) is 0 Å². The van der Waals surface area contributed by atoms with Crippen molar-refractivity contribution in [2.24, 2.45) is 0 Å². The molecule has 54 heavy (non-hydrogen) atoms. The Balaban J connectivity index is 1.22. The number of fused-ring (bicyclic) bond motifs is 9. The fourth-order valence-electron chi connectivity index (χ4n) is 9.77. The maximum atomic E-state index is 2.55. The van der Waals surface area contributed by atoms with E-state index >= 15 is 0 Å². The average Bonchev–Trinajstić information content (AvgIpc) is 3.83. The first kappa shape index (κ1) is 31.5. The standard InChI is InChI=1S/C51H37NSSi/c1-51(2)43-23-12-9-20-38(43)39-30-28-34(32-44(39)51)52(35-29-31-41-40-21-10-13-25-46(40)53-47(41)33-35)45-24-15-27-49-50(45)42-22-11-14-26-48(42)54(49,36-16-5-3-6-17-36)37-18-7-4-8-19-37/h3-33H,1-2H3. The summed E-state index contributed by atoms with van der Waals surface area (Å²) in [6.45, 7) is 4.76. The number of hydrogen-bond acceptors (Lipinski definition) is 2. The van der Waals surface area contributed by atoms with Gasteiger partial charge in [0.05, 0.1) is 5.69 Å². The molecular formula is C51H37NSSi. The normalized spacial score (nSPS) is 14.4. The van der Waals surface area contributed by atoms with Gasteiger partial charge in [-0.1, -0.05) is 166 Å². The zero-order chi connectivity index (χ0) is 36.0. The number of thiophene rings is 1. The van der Waals surface area contributed by atoms with Crippen LogP contribution in [-0.2, 0) is 5.41 Å². The zero-order valence-corrected chi connectivity index (χ0v) is 32.1. The zero-order valence-electron chi connectivity index (χ0n) is 30.3. The molecule has 0 fully saturated rings. The van der Waals surface area contributed by atoms with Crippen molar-refractivity contribution in [3.05, 3.63) is 199 Å². The highest BCUT2D eigenvalue weighted by Gasteiger charge is 2.49. The fourth-order valence-corrected chi connectivity index (χ4v) is 16.1. The highest BCUT2D eigenvalue weighted by atomic mass is 32.1. The van der Waals surface area contributed by atoms with Gasteiger partial charge in [0.2, 0.25) is 0 Å². The van der Waals surface area contributed by atoms with Gasteiger partial charge >= 0.3 is 0 Å². The van der Waals surface area contributed by atoms with Crippen LogP contribution in [0.4, 0.5) is 17.1 Å². The van der Waals surface area contributed by atoms with Gasteiger partial charge in [-0.15, -0.1) is 11.3 Å². The van der Waals surface area contributed by atoms with Crippen molar-refractivity contribution in [2.45, 2.75) is 19.3 Å².